The highest BCUT2D eigenvalue weighted by Gasteiger charge is 2.33. The molecule has 1 N–H and O–H groups in total. The molecule has 1 aromatic carbocycles. The standard InChI is InChI=1S/C16H24N2O2/c1-17(2)14-8-6-7-13(11-14)15(19)18(3)12-16(20)9-4-5-10-16/h6-8,11,20H,4-5,9-10,12H2,1-3H3. The minimum Gasteiger partial charge on any atom is -0.388 e. The highest BCUT2D eigenvalue weighted by atomic mass is 16.3. The highest BCUT2D eigenvalue weighted by molar-refractivity contribution is 5.95. The molecule has 0 aromatic heterocycles. The smallest absolute Gasteiger partial charge is 0.253 e. The summed E-state index contributed by atoms with van der Waals surface area (Å²) in [5.74, 6) is -0.0333. The molecule has 1 aliphatic rings. The Hall–Kier alpha value is -1.55. The van der Waals surface area contributed by atoms with Crippen LogP contribution in [0.2, 0.25) is 0 Å². The second-order valence-electron chi connectivity index (χ2n) is 6.04. The number of rotatable bonds is 4. The van der Waals surface area contributed by atoms with Crippen LogP contribution in [-0.4, -0.2) is 49.2 Å². The van der Waals surface area contributed by atoms with Gasteiger partial charge in [0, 0.05) is 38.9 Å². The van der Waals surface area contributed by atoms with Crippen LogP contribution in [0.25, 0.3) is 0 Å². The van der Waals surface area contributed by atoms with Crippen LogP contribution >= 0.6 is 0 Å². The van der Waals surface area contributed by atoms with E-state index in [1.807, 2.05) is 43.3 Å². The first-order valence-corrected chi connectivity index (χ1v) is 7.16. The summed E-state index contributed by atoms with van der Waals surface area (Å²) in [5.41, 5.74) is 0.980. The van der Waals surface area contributed by atoms with E-state index >= 15 is 0 Å². The Kier molecular flexibility index (Phi) is 4.33. The van der Waals surface area contributed by atoms with Crippen LogP contribution < -0.4 is 4.90 Å². The number of benzene rings is 1. The summed E-state index contributed by atoms with van der Waals surface area (Å²) in [5, 5.41) is 10.4. The number of aliphatic hydroxyl groups is 1. The van der Waals surface area contributed by atoms with Gasteiger partial charge >= 0.3 is 0 Å². The van der Waals surface area contributed by atoms with Crippen molar-refractivity contribution in [2.24, 2.45) is 0 Å². The molecule has 1 aliphatic carbocycles. The van der Waals surface area contributed by atoms with Crippen molar-refractivity contribution in [1.29, 1.82) is 0 Å². The molecule has 4 nitrogen and oxygen atoms in total. The normalized spacial score (nSPS) is 17.0. The van der Waals surface area contributed by atoms with Crippen molar-refractivity contribution in [3.05, 3.63) is 29.8 Å². The number of carbonyl (C=O) groups is 1. The highest BCUT2D eigenvalue weighted by Crippen LogP contribution is 2.30. The fourth-order valence-corrected chi connectivity index (χ4v) is 2.84. The van der Waals surface area contributed by atoms with Gasteiger partial charge in [0.05, 0.1) is 5.60 Å². The zero-order valence-electron chi connectivity index (χ0n) is 12.6. The molecule has 1 amide bonds. The maximum absolute atomic E-state index is 12.4. The molecule has 0 aliphatic heterocycles. The van der Waals surface area contributed by atoms with E-state index in [-0.39, 0.29) is 5.91 Å². The van der Waals surface area contributed by atoms with E-state index in [0.29, 0.717) is 12.1 Å². The lowest BCUT2D eigenvalue weighted by molar-refractivity contribution is 0.0157. The molecule has 0 saturated heterocycles. The van der Waals surface area contributed by atoms with E-state index in [1.54, 1.807) is 11.9 Å². The lowest BCUT2D eigenvalue weighted by atomic mass is 10.0. The second-order valence-corrected chi connectivity index (χ2v) is 6.04. The average molecular weight is 276 g/mol. The van der Waals surface area contributed by atoms with E-state index in [2.05, 4.69) is 0 Å². The molecule has 2 rings (SSSR count). The van der Waals surface area contributed by atoms with Crippen molar-refractivity contribution in [1.82, 2.24) is 4.90 Å². The fourth-order valence-electron chi connectivity index (χ4n) is 2.84. The summed E-state index contributed by atoms with van der Waals surface area (Å²) in [4.78, 5) is 16.1. The number of amides is 1. The summed E-state index contributed by atoms with van der Waals surface area (Å²) >= 11 is 0. The number of likely N-dealkylation sites (N-methyl/N-ethyl adjacent to an activating group) is 1. The lowest BCUT2D eigenvalue weighted by Gasteiger charge is -2.28. The Morgan fingerprint density at radius 2 is 1.90 bits per heavy atom. The van der Waals surface area contributed by atoms with Crippen molar-refractivity contribution in [2.45, 2.75) is 31.3 Å². The first kappa shape index (κ1) is 14.9. The Labute approximate surface area is 121 Å². The predicted molar refractivity (Wildman–Crippen MR) is 81.1 cm³/mol. The maximum Gasteiger partial charge on any atom is 0.253 e. The molecule has 1 saturated carbocycles. The maximum atomic E-state index is 12.4. The molecular weight excluding hydrogens is 252 g/mol. The molecule has 0 atom stereocenters. The zero-order valence-corrected chi connectivity index (χ0v) is 12.6. The average Bonchev–Trinajstić information content (AvgIpc) is 2.84. The van der Waals surface area contributed by atoms with Gasteiger partial charge in [-0.1, -0.05) is 18.9 Å². The fraction of sp³-hybridized carbons (Fsp3) is 0.562. The van der Waals surface area contributed by atoms with Crippen LogP contribution in [0.5, 0.6) is 0 Å². The molecule has 20 heavy (non-hydrogen) atoms. The van der Waals surface area contributed by atoms with Gasteiger partial charge in [0.2, 0.25) is 0 Å². The molecule has 4 heteroatoms. The Balaban J connectivity index is 2.08. The van der Waals surface area contributed by atoms with E-state index in [9.17, 15) is 9.90 Å². The molecular formula is C16H24N2O2. The van der Waals surface area contributed by atoms with Crippen LogP contribution in [0.3, 0.4) is 0 Å². The summed E-state index contributed by atoms with van der Waals surface area (Å²) in [6.45, 7) is 0.415. The number of carbonyl (C=O) groups excluding carboxylic acids is 1. The number of anilines is 1. The number of hydrogen-bond donors (Lipinski definition) is 1. The van der Waals surface area contributed by atoms with Crippen LogP contribution in [-0.2, 0) is 0 Å². The van der Waals surface area contributed by atoms with E-state index in [1.165, 1.54) is 0 Å². The molecule has 0 radical (unpaired) electrons. The molecule has 1 aromatic rings. The van der Waals surface area contributed by atoms with Gasteiger partial charge in [0.15, 0.2) is 0 Å². The van der Waals surface area contributed by atoms with Gasteiger partial charge in [-0.3, -0.25) is 4.79 Å². The topological polar surface area (TPSA) is 43.8 Å². The van der Waals surface area contributed by atoms with Gasteiger partial charge in [-0.25, -0.2) is 0 Å². The van der Waals surface area contributed by atoms with Gasteiger partial charge in [0.1, 0.15) is 0 Å². The monoisotopic (exact) mass is 276 g/mol. The summed E-state index contributed by atoms with van der Waals surface area (Å²) in [7, 11) is 5.67. The minimum absolute atomic E-state index is 0.0333. The van der Waals surface area contributed by atoms with Crippen molar-refractivity contribution in [2.75, 3.05) is 32.6 Å². The van der Waals surface area contributed by atoms with E-state index in [0.717, 1.165) is 31.4 Å². The Morgan fingerprint density at radius 3 is 2.50 bits per heavy atom. The third kappa shape index (κ3) is 3.31. The number of hydrogen-bond acceptors (Lipinski definition) is 3. The first-order valence-electron chi connectivity index (χ1n) is 7.16. The van der Waals surface area contributed by atoms with Gasteiger partial charge in [-0.05, 0) is 31.0 Å². The molecule has 0 unspecified atom stereocenters. The molecule has 110 valence electrons. The minimum atomic E-state index is -0.691. The Morgan fingerprint density at radius 1 is 1.25 bits per heavy atom. The lowest BCUT2D eigenvalue weighted by Crippen LogP contribution is -2.42. The summed E-state index contributed by atoms with van der Waals surface area (Å²) in [6, 6.07) is 7.57. The third-order valence-corrected chi connectivity index (χ3v) is 4.02. The predicted octanol–water partition coefficient (Wildman–Crippen LogP) is 2.13. The Bertz CT molecular complexity index is 479. The van der Waals surface area contributed by atoms with E-state index in [4.69, 9.17) is 0 Å². The van der Waals surface area contributed by atoms with Crippen LogP contribution in [0.1, 0.15) is 36.0 Å². The van der Waals surface area contributed by atoms with Gasteiger partial charge in [-0.15, -0.1) is 0 Å². The van der Waals surface area contributed by atoms with Gasteiger partial charge in [0.25, 0.3) is 5.91 Å². The summed E-state index contributed by atoms with van der Waals surface area (Å²) < 4.78 is 0. The van der Waals surface area contributed by atoms with Crippen LogP contribution in [0.15, 0.2) is 24.3 Å². The molecule has 0 heterocycles. The van der Waals surface area contributed by atoms with Crippen LogP contribution in [0, 0.1) is 0 Å². The first-order chi connectivity index (χ1) is 9.41. The quantitative estimate of drug-likeness (QED) is 0.916. The summed E-state index contributed by atoms with van der Waals surface area (Å²) in [6.07, 6.45) is 3.69. The van der Waals surface area contributed by atoms with Gasteiger partial charge < -0.3 is 14.9 Å². The van der Waals surface area contributed by atoms with E-state index < -0.39 is 5.60 Å². The SMILES string of the molecule is CN(CC1(O)CCCC1)C(=O)c1cccc(N(C)C)c1. The second kappa shape index (κ2) is 5.83. The van der Waals surface area contributed by atoms with Gasteiger partial charge in [-0.2, -0.15) is 0 Å². The third-order valence-electron chi connectivity index (χ3n) is 4.02. The van der Waals surface area contributed by atoms with Crippen molar-refractivity contribution in [3.8, 4) is 0 Å². The van der Waals surface area contributed by atoms with Crippen molar-refractivity contribution in [3.63, 3.8) is 0 Å². The van der Waals surface area contributed by atoms with Crippen molar-refractivity contribution >= 4 is 11.6 Å². The molecule has 0 bridgehead atoms. The largest absolute Gasteiger partial charge is 0.388 e. The van der Waals surface area contributed by atoms with Crippen LogP contribution in [0.4, 0.5) is 5.69 Å². The molecule has 1 fully saturated rings. The van der Waals surface area contributed by atoms with Crippen molar-refractivity contribution < 1.29 is 9.90 Å². The molecule has 0 spiro atoms. The number of nitrogens with zero attached hydrogens (tertiary/aromatic N) is 2. The zero-order chi connectivity index (χ0) is 14.8.